The van der Waals surface area contributed by atoms with Crippen molar-refractivity contribution in [3.63, 3.8) is 0 Å². The molecular formula is C17H17N3O2S. The second kappa shape index (κ2) is 7.51. The summed E-state index contributed by atoms with van der Waals surface area (Å²) in [6.07, 6.45) is 1.57. The van der Waals surface area contributed by atoms with Gasteiger partial charge in [-0.05, 0) is 55.4 Å². The summed E-state index contributed by atoms with van der Waals surface area (Å²) in [4.78, 5) is 10.8. The monoisotopic (exact) mass is 327 g/mol. The molecule has 5 nitrogen and oxygen atoms in total. The number of benzene rings is 2. The van der Waals surface area contributed by atoms with Gasteiger partial charge < -0.3 is 10.4 Å². The van der Waals surface area contributed by atoms with Crippen LogP contribution in [0.4, 0.5) is 5.69 Å². The number of thiocarbonyl (C=S) groups is 1. The van der Waals surface area contributed by atoms with E-state index in [-0.39, 0.29) is 5.56 Å². The molecule has 6 heteroatoms. The van der Waals surface area contributed by atoms with Crippen molar-refractivity contribution in [3.05, 3.63) is 64.7 Å². The zero-order valence-corrected chi connectivity index (χ0v) is 13.6. The van der Waals surface area contributed by atoms with E-state index in [2.05, 4.69) is 21.9 Å². The summed E-state index contributed by atoms with van der Waals surface area (Å²) >= 11 is 5.19. The van der Waals surface area contributed by atoms with Gasteiger partial charge in [0.1, 0.15) is 0 Å². The smallest absolute Gasteiger partial charge is 0.335 e. The Morgan fingerprint density at radius 3 is 2.48 bits per heavy atom. The summed E-state index contributed by atoms with van der Waals surface area (Å²) in [5, 5.41) is 16.3. The van der Waals surface area contributed by atoms with Crippen molar-refractivity contribution in [2.75, 3.05) is 5.32 Å². The maximum atomic E-state index is 10.8. The highest BCUT2D eigenvalue weighted by molar-refractivity contribution is 7.80. The van der Waals surface area contributed by atoms with Crippen molar-refractivity contribution in [1.29, 1.82) is 0 Å². The molecule has 0 saturated carbocycles. The minimum Gasteiger partial charge on any atom is -0.478 e. The Kier molecular flexibility index (Phi) is 5.43. The van der Waals surface area contributed by atoms with E-state index in [4.69, 9.17) is 17.3 Å². The number of carboxylic acid groups (broad SMARTS) is 1. The van der Waals surface area contributed by atoms with Gasteiger partial charge in [0.25, 0.3) is 0 Å². The van der Waals surface area contributed by atoms with Gasteiger partial charge >= 0.3 is 5.97 Å². The van der Waals surface area contributed by atoms with Crippen molar-refractivity contribution in [3.8, 4) is 0 Å². The van der Waals surface area contributed by atoms with Crippen LogP contribution in [0, 0.1) is 13.8 Å². The van der Waals surface area contributed by atoms with Crippen molar-refractivity contribution in [2.45, 2.75) is 13.8 Å². The molecule has 2 aromatic carbocycles. The molecule has 0 aliphatic rings. The number of anilines is 1. The largest absolute Gasteiger partial charge is 0.478 e. The lowest BCUT2D eigenvalue weighted by Gasteiger charge is -2.10. The molecule has 0 bridgehead atoms. The molecule has 118 valence electrons. The van der Waals surface area contributed by atoms with E-state index in [1.165, 1.54) is 17.7 Å². The topological polar surface area (TPSA) is 73.7 Å². The first-order valence-corrected chi connectivity index (χ1v) is 7.37. The predicted octanol–water partition coefficient (Wildman–Crippen LogP) is 3.32. The predicted molar refractivity (Wildman–Crippen MR) is 96.3 cm³/mol. The number of carboxylic acids is 1. The summed E-state index contributed by atoms with van der Waals surface area (Å²) < 4.78 is 0. The van der Waals surface area contributed by atoms with Crippen LogP contribution in [0.15, 0.2) is 47.6 Å². The maximum Gasteiger partial charge on any atom is 0.335 e. The first-order valence-electron chi connectivity index (χ1n) is 6.96. The second-order valence-corrected chi connectivity index (χ2v) is 5.48. The second-order valence-electron chi connectivity index (χ2n) is 5.07. The minimum atomic E-state index is -0.953. The summed E-state index contributed by atoms with van der Waals surface area (Å²) in [6, 6.07) is 12.4. The summed E-state index contributed by atoms with van der Waals surface area (Å²) in [5.74, 6) is -0.953. The Labute approximate surface area is 140 Å². The molecule has 0 unspecified atom stereocenters. The van der Waals surface area contributed by atoms with Gasteiger partial charge in [-0.1, -0.05) is 29.8 Å². The first-order chi connectivity index (χ1) is 11.0. The fourth-order valence-corrected chi connectivity index (χ4v) is 2.14. The fourth-order valence-electron chi connectivity index (χ4n) is 1.98. The molecule has 23 heavy (non-hydrogen) atoms. The van der Waals surface area contributed by atoms with E-state index in [1.54, 1.807) is 18.3 Å². The molecule has 0 spiro atoms. The lowest BCUT2D eigenvalue weighted by molar-refractivity contribution is 0.0697. The summed E-state index contributed by atoms with van der Waals surface area (Å²) in [5.41, 5.74) is 6.96. The molecule has 2 rings (SSSR count). The van der Waals surface area contributed by atoms with Crippen molar-refractivity contribution in [1.82, 2.24) is 5.43 Å². The van der Waals surface area contributed by atoms with E-state index < -0.39 is 5.97 Å². The van der Waals surface area contributed by atoms with E-state index in [0.717, 1.165) is 16.8 Å². The van der Waals surface area contributed by atoms with E-state index in [1.807, 2.05) is 26.0 Å². The third-order valence-corrected chi connectivity index (χ3v) is 3.36. The van der Waals surface area contributed by atoms with Gasteiger partial charge in [-0.15, -0.1) is 0 Å². The third-order valence-electron chi connectivity index (χ3n) is 3.17. The zero-order valence-electron chi connectivity index (χ0n) is 12.8. The molecule has 0 aliphatic heterocycles. The van der Waals surface area contributed by atoms with Gasteiger partial charge in [0.15, 0.2) is 5.11 Å². The molecule has 0 aliphatic carbocycles. The summed E-state index contributed by atoms with van der Waals surface area (Å²) in [6.45, 7) is 4.04. The molecule has 2 aromatic rings. The molecule has 0 heterocycles. The highest BCUT2D eigenvalue weighted by Gasteiger charge is 2.01. The molecule has 0 atom stereocenters. The molecule has 0 fully saturated rings. The number of hydrogen-bond acceptors (Lipinski definition) is 3. The lowest BCUT2D eigenvalue weighted by Crippen LogP contribution is -2.24. The molecular weight excluding hydrogens is 310 g/mol. The lowest BCUT2D eigenvalue weighted by atomic mass is 10.1. The number of aryl methyl sites for hydroxylation is 2. The van der Waals surface area contributed by atoms with Crippen molar-refractivity contribution >= 4 is 35.2 Å². The van der Waals surface area contributed by atoms with Crippen LogP contribution in [0.3, 0.4) is 0 Å². The zero-order chi connectivity index (χ0) is 16.8. The van der Waals surface area contributed by atoms with E-state index >= 15 is 0 Å². The van der Waals surface area contributed by atoms with Gasteiger partial charge in [0, 0.05) is 5.69 Å². The van der Waals surface area contributed by atoms with Crippen molar-refractivity contribution in [2.24, 2.45) is 5.10 Å². The van der Waals surface area contributed by atoms with Gasteiger partial charge in [0.05, 0.1) is 11.8 Å². The number of nitrogens with zero attached hydrogens (tertiary/aromatic N) is 1. The highest BCUT2D eigenvalue weighted by Crippen LogP contribution is 2.15. The van der Waals surface area contributed by atoms with Gasteiger partial charge in [-0.2, -0.15) is 5.10 Å². The van der Waals surface area contributed by atoms with Crippen LogP contribution >= 0.6 is 12.2 Å². The number of hydrazone groups is 1. The number of nitrogens with one attached hydrogen (secondary N) is 2. The Bertz CT molecular complexity index is 755. The molecule has 0 saturated heterocycles. The molecule has 0 amide bonds. The maximum absolute atomic E-state index is 10.8. The van der Waals surface area contributed by atoms with Crippen LogP contribution in [0.2, 0.25) is 0 Å². The Balaban J connectivity index is 1.92. The van der Waals surface area contributed by atoms with Gasteiger partial charge in [0.2, 0.25) is 0 Å². The van der Waals surface area contributed by atoms with Crippen LogP contribution in [0.5, 0.6) is 0 Å². The SMILES string of the molecule is Cc1ccc(NC(=S)N/N=C/c2ccc(C(=O)O)cc2)c(C)c1. The molecule has 3 N–H and O–H groups in total. The highest BCUT2D eigenvalue weighted by atomic mass is 32.1. The van der Waals surface area contributed by atoms with E-state index in [0.29, 0.717) is 5.11 Å². The Morgan fingerprint density at radius 1 is 1.17 bits per heavy atom. The van der Waals surface area contributed by atoms with Gasteiger partial charge in [-0.3, -0.25) is 5.43 Å². The normalized spacial score (nSPS) is 10.5. The minimum absolute atomic E-state index is 0.238. The first kappa shape index (κ1) is 16.6. The Hall–Kier alpha value is -2.73. The average Bonchev–Trinajstić information content (AvgIpc) is 2.50. The number of carbonyl (C=O) groups is 1. The summed E-state index contributed by atoms with van der Waals surface area (Å²) in [7, 11) is 0. The Morgan fingerprint density at radius 2 is 1.87 bits per heavy atom. The standard InChI is InChI=1S/C17H17N3O2S/c1-11-3-8-15(12(2)9-11)19-17(23)20-18-10-13-4-6-14(7-5-13)16(21)22/h3-10H,1-2H3,(H,21,22)(H2,19,20,23)/b18-10+. The van der Waals surface area contributed by atoms with Gasteiger partial charge in [-0.25, -0.2) is 4.79 Å². The van der Waals surface area contributed by atoms with Crippen LogP contribution in [0.25, 0.3) is 0 Å². The van der Waals surface area contributed by atoms with Crippen LogP contribution < -0.4 is 10.7 Å². The average molecular weight is 327 g/mol. The quantitative estimate of drug-likeness (QED) is 0.456. The third kappa shape index (κ3) is 4.89. The van der Waals surface area contributed by atoms with Crippen LogP contribution in [0.1, 0.15) is 27.0 Å². The fraction of sp³-hybridized carbons (Fsp3) is 0.118. The van der Waals surface area contributed by atoms with E-state index in [9.17, 15) is 4.79 Å². The molecule has 0 radical (unpaired) electrons. The molecule has 0 aromatic heterocycles. The van der Waals surface area contributed by atoms with Crippen molar-refractivity contribution < 1.29 is 9.90 Å². The van der Waals surface area contributed by atoms with Crippen LogP contribution in [-0.4, -0.2) is 22.4 Å². The van der Waals surface area contributed by atoms with Crippen LogP contribution in [-0.2, 0) is 0 Å². The number of rotatable bonds is 4. The number of aromatic carboxylic acids is 1. The number of hydrogen-bond donors (Lipinski definition) is 3.